The molecule has 0 saturated carbocycles. The molecule has 0 aliphatic carbocycles. The second-order valence-corrected chi connectivity index (χ2v) is 20.6. The normalized spacial score (nSPS) is 12.5. The Labute approximate surface area is 399 Å². The van der Waals surface area contributed by atoms with E-state index in [1.807, 2.05) is 0 Å². The van der Waals surface area contributed by atoms with E-state index in [1.54, 1.807) is 0 Å². The predicted molar refractivity (Wildman–Crippen MR) is 275 cm³/mol. The van der Waals surface area contributed by atoms with Crippen LogP contribution in [0.3, 0.4) is 0 Å². The molecule has 0 heterocycles. The Hall–Kier alpha value is -1.59. The summed E-state index contributed by atoms with van der Waals surface area (Å²) in [6, 6.07) is 0. The fourth-order valence-electron chi connectivity index (χ4n) is 8.84. The molecule has 0 rings (SSSR count). The fraction of sp³-hybridized carbons (Fsp3) is 0.948. The average Bonchev–Trinajstić information content (AvgIpc) is 3.28. The van der Waals surface area contributed by atoms with E-state index in [2.05, 4.69) is 34.6 Å². The van der Waals surface area contributed by atoms with E-state index in [9.17, 15) is 14.4 Å². The van der Waals surface area contributed by atoms with Crippen LogP contribution in [0.2, 0.25) is 0 Å². The molecule has 0 aromatic carbocycles. The van der Waals surface area contributed by atoms with Gasteiger partial charge in [0.1, 0.15) is 13.2 Å². The predicted octanol–water partition coefficient (Wildman–Crippen LogP) is 18.9. The molecule has 380 valence electrons. The number of hydrogen-bond acceptors (Lipinski definition) is 6. The molecule has 0 amide bonds. The van der Waals surface area contributed by atoms with Crippen LogP contribution in [-0.4, -0.2) is 37.2 Å². The standard InChI is InChI=1S/C58H112O6/c1-6-8-9-10-11-12-13-23-30-35-40-45-50-58(61)64-55(52-63-57(60)49-44-39-34-29-25-20-16-17-21-26-31-36-41-46-53(3)4)51-62-56(59)48-43-38-33-28-24-19-15-14-18-22-27-32-37-42-47-54(5)7-2/h53-55H,6-52H2,1-5H3/t54?,55-/m1/s1. The monoisotopic (exact) mass is 905 g/mol. The van der Waals surface area contributed by atoms with Crippen molar-refractivity contribution >= 4 is 17.9 Å². The summed E-state index contributed by atoms with van der Waals surface area (Å²) in [6.45, 7) is 11.4. The highest BCUT2D eigenvalue weighted by Gasteiger charge is 2.19. The van der Waals surface area contributed by atoms with Gasteiger partial charge in [-0.15, -0.1) is 0 Å². The minimum absolute atomic E-state index is 0.0627. The quantitative estimate of drug-likeness (QED) is 0.0344. The molecule has 0 aliphatic rings. The van der Waals surface area contributed by atoms with E-state index < -0.39 is 6.10 Å². The Morgan fingerprint density at radius 3 is 0.891 bits per heavy atom. The zero-order chi connectivity index (χ0) is 46.8. The van der Waals surface area contributed by atoms with Crippen molar-refractivity contribution in [1.29, 1.82) is 0 Å². The van der Waals surface area contributed by atoms with Crippen molar-refractivity contribution in [2.24, 2.45) is 11.8 Å². The first-order valence-electron chi connectivity index (χ1n) is 28.8. The van der Waals surface area contributed by atoms with Gasteiger partial charge in [0.05, 0.1) is 0 Å². The van der Waals surface area contributed by atoms with Crippen LogP contribution in [-0.2, 0) is 28.6 Å². The molecule has 6 nitrogen and oxygen atoms in total. The molecule has 0 bridgehead atoms. The largest absolute Gasteiger partial charge is 0.462 e. The second-order valence-electron chi connectivity index (χ2n) is 20.6. The molecule has 0 fully saturated rings. The van der Waals surface area contributed by atoms with Crippen LogP contribution < -0.4 is 0 Å². The molecule has 0 saturated heterocycles. The Bertz CT molecular complexity index is 980. The smallest absolute Gasteiger partial charge is 0.306 e. The third-order valence-corrected chi connectivity index (χ3v) is 13.6. The fourth-order valence-corrected chi connectivity index (χ4v) is 8.84. The van der Waals surface area contributed by atoms with Gasteiger partial charge in [0.15, 0.2) is 6.10 Å². The van der Waals surface area contributed by atoms with Gasteiger partial charge in [0.2, 0.25) is 0 Å². The number of carbonyl (C=O) groups is 3. The first-order chi connectivity index (χ1) is 31.3. The molecule has 0 aromatic heterocycles. The lowest BCUT2D eigenvalue weighted by Crippen LogP contribution is -2.30. The number of esters is 3. The van der Waals surface area contributed by atoms with Crippen molar-refractivity contribution in [2.75, 3.05) is 13.2 Å². The first-order valence-corrected chi connectivity index (χ1v) is 28.8. The van der Waals surface area contributed by atoms with E-state index >= 15 is 0 Å². The van der Waals surface area contributed by atoms with Crippen molar-refractivity contribution in [3.63, 3.8) is 0 Å². The summed E-state index contributed by atoms with van der Waals surface area (Å²) in [5, 5.41) is 0. The lowest BCUT2D eigenvalue weighted by molar-refractivity contribution is -0.167. The van der Waals surface area contributed by atoms with Crippen LogP contribution in [0.1, 0.15) is 324 Å². The number of ether oxygens (including phenoxy) is 3. The summed E-state index contributed by atoms with van der Waals surface area (Å²) in [4.78, 5) is 38.1. The molecule has 64 heavy (non-hydrogen) atoms. The van der Waals surface area contributed by atoms with Gasteiger partial charge in [-0.2, -0.15) is 0 Å². The van der Waals surface area contributed by atoms with Crippen LogP contribution in [0.4, 0.5) is 0 Å². The van der Waals surface area contributed by atoms with Gasteiger partial charge < -0.3 is 14.2 Å². The van der Waals surface area contributed by atoms with Gasteiger partial charge in [0.25, 0.3) is 0 Å². The minimum Gasteiger partial charge on any atom is -0.462 e. The van der Waals surface area contributed by atoms with E-state index in [1.165, 1.54) is 212 Å². The zero-order valence-corrected chi connectivity index (χ0v) is 43.9. The molecule has 6 heteroatoms. The molecule has 2 atom stereocenters. The summed E-state index contributed by atoms with van der Waals surface area (Å²) in [5.41, 5.74) is 0. The maximum absolute atomic E-state index is 12.8. The summed E-state index contributed by atoms with van der Waals surface area (Å²) in [5.74, 6) is 0.896. The Morgan fingerprint density at radius 2 is 0.594 bits per heavy atom. The highest BCUT2D eigenvalue weighted by molar-refractivity contribution is 5.71. The summed E-state index contributed by atoms with van der Waals surface area (Å²) in [6.07, 6.45) is 53.7. The number of hydrogen-bond donors (Lipinski definition) is 0. The van der Waals surface area contributed by atoms with Crippen LogP contribution >= 0.6 is 0 Å². The SMILES string of the molecule is CCCCCCCCCCCCCCC(=O)O[C@H](COC(=O)CCCCCCCCCCCCCCCCC(C)CC)COC(=O)CCCCCCCCCCCCCCCC(C)C. The lowest BCUT2D eigenvalue weighted by Gasteiger charge is -2.18. The Balaban J connectivity index is 4.27. The van der Waals surface area contributed by atoms with Gasteiger partial charge in [-0.1, -0.05) is 285 Å². The maximum atomic E-state index is 12.8. The van der Waals surface area contributed by atoms with Crippen LogP contribution in [0.15, 0.2) is 0 Å². The summed E-state index contributed by atoms with van der Waals surface area (Å²) < 4.78 is 16.9. The molecule has 0 aliphatic heterocycles. The minimum atomic E-state index is -0.762. The van der Waals surface area contributed by atoms with Gasteiger partial charge >= 0.3 is 17.9 Å². The van der Waals surface area contributed by atoms with E-state index in [0.717, 1.165) is 69.6 Å². The number of rotatable bonds is 52. The van der Waals surface area contributed by atoms with Crippen molar-refractivity contribution in [3.05, 3.63) is 0 Å². The van der Waals surface area contributed by atoms with E-state index in [4.69, 9.17) is 14.2 Å². The highest BCUT2D eigenvalue weighted by atomic mass is 16.6. The number of unbranched alkanes of at least 4 members (excludes halogenated alkanes) is 36. The van der Waals surface area contributed by atoms with Crippen LogP contribution in [0.5, 0.6) is 0 Å². The van der Waals surface area contributed by atoms with Crippen molar-refractivity contribution in [3.8, 4) is 0 Å². The van der Waals surface area contributed by atoms with Gasteiger partial charge in [-0.3, -0.25) is 14.4 Å². The summed E-state index contributed by atoms with van der Waals surface area (Å²) >= 11 is 0. The maximum Gasteiger partial charge on any atom is 0.306 e. The second kappa shape index (κ2) is 50.8. The van der Waals surface area contributed by atoms with Crippen molar-refractivity contribution < 1.29 is 28.6 Å². The van der Waals surface area contributed by atoms with Crippen LogP contribution in [0.25, 0.3) is 0 Å². The third-order valence-electron chi connectivity index (χ3n) is 13.6. The molecule has 1 unspecified atom stereocenters. The topological polar surface area (TPSA) is 78.9 Å². The Kier molecular flexibility index (Phi) is 49.6. The van der Waals surface area contributed by atoms with Crippen LogP contribution in [0, 0.1) is 11.8 Å². The number of carbonyl (C=O) groups excluding carboxylic acids is 3. The van der Waals surface area contributed by atoms with Gasteiger partial charge in [0, 0.05) is 19.3 Å². The molecular weight excluding hydrogens is 793 g/mol. The van der Waals surface area contributed by atoms with Gasteiger partial charge in [-0.25, -0.2) is 0 Å². The molecule has 0 aromatic rings. The third kappa shape index (κ3) is 49.8. The zero-order valence-electron chi connectivity index (χ0n) is 43.9. The molecule has 0 spiro atoms. The van der Waals surface area contributed by atoms with E-state index in [-0.39, 0.29) is 31.1 Å². The Morgan fingerprint density at radius 1 is 0.328 bits per heavy atom. The highest BCUT2D eigenvalue weighted by Crippen LogP contribution is 2.18. The van der Waals surface area contributed by atoms with Crippen molar-refractivity contribution in [1.82, 2.24) is 0 Å². The summed E-state index contributed by atoms with van der Waals surface area (Å²) in [7, 11) is 0. The average molecular weight is 906 g/mol. The molecule has 0 radical (unpaired) electrons. The van der Waals surface area contributed by atoms with E-state index in [0.29, 0.717) is 19.3 Å². The van der Waals surface area contributed by atoms with Crippen molar-refractivity contribution in [2.45, 2.75) is 330 Å². The van der Waals surface area contributed by atoms with Gasteiger partial charge in [-0.05, 0) is 31.1 Å². The first kappa shape index (κ1) is 62.4. The lowest BCUT2D eigenvalue weighted by atomic mass is 9.99. The molecule has 0 N–H and O–H groups in total. The molecular formula is C58H112O6.